The van der Waals surface area contributed by atoms with Gasteiger partial charge in [0.25, 0.3) is 0 Å². The molecule has 0 spiro atoms. The molecule has 0 aliphatic carbocycles. The van der Waals surface area contributed by atoms with Crippen LogP contribution in [-0.2, 0) is 13.5 Å². The van der Waals surface area contributed by atoms with Crippen LogP contribution >= 0.6 is 0 Å². The van der Waals surface area contributed by atoms with Crippen molar-refractivity contribution < 1.29 is 5.11 Å². The molecule has 1 N–H and O–H groups in total. The van der Waals surface area contributed by atoms with Crippen molar-refractivity contribution in [1.82, 2.24) is 9.78 Å². The number of rotatable bonds is 6. The van der Waals surface area contributed by atoms with Crippen molar-refractivity contribution in [1.29, 1.82) is 0 Å². The second-order valence-electron chi connectivity index (χ2n) is 5.49. The maximum Gasteiger partial charge on any atom is 0.0731 e. The van der Waals surface area contributed by atoms with Gasteiger partial charge in [0.1, 0.15) is 0 Å². The summed E-state index contributed by atoms with van der Waals surface area (Å²) >= 11 is 0. The van der Waals surface area contributed by atoms with Crippen molar-refractivity contribution in [3.05, 3.63) is 30.0 Å². The molecule has 1 aromatic heterocycles. The summed E-state index contributed by atoms with van der Waals surface area (Å²) < 4.78 is 1.91. The zero-order valence-electron chi connectivity index (χ0n) is 12.2. The number of aryl methyl sites for hydroxylation is 1. The Hall–Kier alpha value is -1.35. The SMILES string of the molecule is CCCC(O)(CCC)Cc1nn(C)c2ccccc12. The molecule has 0 aliphatic heterocycles. The van der Waals surface area contributed by atoms with Crippen LogP contribution < -0.4 is 0 Å². The van der Waals surface area contributed by atoms with Crippen LogP contribution in [0.2, 0.25) is 0 Å². The zero-order valence-corrected chi connectivity index (χ0v) is 12.2. The van der Waals surface area contributed by atoms with E-state index in [9.17, 15) is 5.11 Å². The fourth-order valence-electron chi connectivity index (χ4n) is 2.96. The number of benzene rings is 1. The van der Waals surface area contributed by atoms with Crippen molar-refractivity contribution in [3.63, 3.8) is 0 Å². The molecule has 2 aromatic rings. The van der Waals surface area contributed by atoms with Gasteiger partial charge in [-0.25, -0.2) is 0 Å². The summed E-state index contributed by atoms with van der Waals surface area (Å²) in [6.07, 6.45) is 4.33. The van der Waals surface area contributed by atoms with Crippen LogP contribution in [0.15, 0.2) is 24.3 Å². The second-order valence-corrected chi connectivity index (χ2v) is 5.49. The van der Waals surface area contributed by atoms with Crippen LogP contribution in [0, 0.1) is 0 Å². The molecular weight excluding hydrogens is 236 g/mol. The average Bonchev–Trinajstić information content (AvgIpc) is 2.67. The van der Waals surface area contributed by atoms with Gasteiger partial charge in [0.2, 0.25) is 0 Å². The number of fused-ring (bicyclic) bond motifs is 1. The lowest BCUT2D eigenvalue weighted by atomic mass is 9.87. The Kier molecular flexibility index (Phi) is 4.25. The molecule has 0 radical (unpaired) electrons. The van der Waals surface area contributed by atoms with Gasteiger partial charge in [0.05, 0.1) is 16.8 Å². The number of hydrogen-bond acceptors (Lipinski definition) is 2. The lowest BCUT2D eigenvalue weighted by Gasteiger charge is -2.26. The summed E-state index contributed by atoms with van der Waals surface area (Å²) in [5.41, 5.74) is 1.54. The van der Waals surface area contributed by atoms with E-state index in [0.717, 1.165) is 42.3 Å². The molecule has 0 saturated heterocycles. The monoisotopic (exact) mass is 260 g/mol. The van der Waals surface area contributed by atoms with Crippen molar-refractivity contribution in [2.45, 2.75) is 51.6 Å². The van der Waals surface area contributed by atoms with Crippen LogP contribution in [-0.4, -0.2) is 20.5 Å². The lowest BCUT2D eigenvalue weighted by molar-refractivity contribution is 0.0209. The van der Waals surface area contributed by atoms with E-state index in [1.165, 1.54) is 0 Å². The summed E-state index contributed by atoms with van der Waals surface area (Å²) in [6, 6.07) is 8.23. The molecule has 0 saturated carbocycles. The molecule has 0 aliphatic rings. The third-order valence-electron chi connectivity index (χ3n) is 3.76. The van der Waals surface area contributed by atoms with Gasteiger partial charge in [0, 0.05) is 18.9 Å². The van der Waals surface area contributed by atoms with Gasteiger partial charge in [-0.05, 0) is 18.9 Å². The predicted octanol–water partition coefficient (Wildman–Crippen LogP) is 3.45. The molecule has 3 nitrogen and oxygen atoms in total. The molecule has 0 unspecified atom stereocenters. The molecule has 2 rings (SSSR count). The normalized spacial score (nSPS) is 12.2. The predicted molar refractivity (Wildman–Crippen MR) is 79.2 cm³/mol. The third kappa shape index (κ3) is 2.98. The van der Waals surface area contributed by atoms with Crippen LogP contribution in [0.3, 0.4) is 0 Å². The summed E-state index contributed by atoms with van der Waals surface area (Å²) in [7, 11) is 1.96. The van der Waals surface area contributed by atoms with Crippen LogP contribution in [0.4, 0.5) is 0 Å². The van der Waals surface area contributed by atoms with Crippen molar-refractivity contribution in [3.8, 4) is 0 Å². The number of hydrogen-bond donors (Lipinski definition) is 1. The smallest absolute Gasteiger partial charge is 0.0731 e. The molecule has 0 atom stereocenters. The molecular formula is C16H24N2O. The minimum atomic E-state index is -0.610. The Bertz CT molecular complexity index is 539. The molecule has 3 heteroatoms. The number of para-hydroxylation sites is 1. The van der Waals surface area contributed by atoms with Gasteiger partial charge in [-0.3, -0.25) is 4.68 Å². The highest BCUT2D eigenvalue weighted by Gasteiger charge is 2.27. The summed E-state index contributed by atoms with van der Waals surface area (Å²) in [5.74, 6) is 0. The van der Waals surface area contributed by atoms with Crippen molar-refractivity contribution in [2.24, 2.45) is 7.05 Å². The van der Waals surface area contributed by atoms with Crippen molar-refractivity contribution in [2.75, 3.05) is 0 Å². The molecule has 19 heavy (non-hydrogen) atoms. The molecule has 1 aromatic carbocycles. The molecule has 0 bridgehead atoms. The Morgan fingerprint density at radius 1 is 1.16 bits per heavy atom. The standard InChI is InChI=1S/C16H24N2O/c1-4-10-16(19,11-5-2)12-14-13-8-6-7-9-15(13)18(3)17-14/h6-9,19H,4-5,10-12H2,1-3H3. The van der Waals surface area contributed by atoms with Gasteiger partial charge in [0.15, 0.2) is 0 Å². The maximum atomic E-state index is 10.8. The fraction of sp³-hybridized carbons (Fsp3) is 0.562. The largest absolute Gasteiger partial charge is 0.389 e. The first-order chi connectivity index (χ1) is 9.09. The minimum Gasteiger partial charge on any atom is -0.389 e. The number of aromatic nitrogens is 2. The highest BCUT2D eigenvalue weighted by Crippen LogP contribution is 2.27. The van der Waals surface area contributed by atoms with E-state index in [2.05, 4.69) is 31.1 Å². The first-order valence-corrected chi connectivity index (χ1v) is 7.22. The summed E-state index contributed by atoms with van der Waals surface area (Å²) in [6.45, 7) is 4.24. The minimum absolute atomic E-state index is 0.610. The Balaban J connectivity index is 2.34. The van der Waals surface area contributed by atoms with Crippen LogP contribution in [0.1, 0.15) is 45.2 Å². The lowest BCUT2D eigenvalue weighted by Crippen LogP contribution is -2.31. The van der Waals surface area contributed by atoms with Gasteiger partial charge in [-0.2, -0.15) is 5.10 Å². The zero-order chi connectivity index (χ0) is 13.9. The van der Waals surface area contributed by atoms with E-state index in [0.29, 0.717) is 6.42 Å². The van der Waals surface area contributed by atoms with Gasteiger partial charge < -0.3 is 5.11 Å². The van der Waals surface area contributed by atoms with Crippen LogP contribution in [0.5, 0.6) is 0 Å². The fourth-order valence-corrected chi connectivity index (χ4v) is 2.96. The van der Waals surface area contributed by atoms with Crippen molar-refractivity contribution >= 4 is 10.9 Å². The Morgan fingerprint density at radius 3 is 2.42 bits per heavy atom. The topological polar surface area (TPSA) is 38.1 Å². The highest BCUT2D eigenvalue weighted by atomic mass is 16.3. The summed E-state index contributed by atoms with van der Waals surface area (Å²) in [5, 5.41) is 16.5. The first-order valence-electron chi connectivity index (χ1n) is 7.22. The van der Waals surface area contributed by atoms with Gasteiger partial charge >= 0.3 is 0 Å². The van der Waals surface area contributed by atoms with E-state index in [1.807, 2.05) is 23.9 Å². The molecule has 0 amide bonds. The second kappa shape index (κ2) is 5.74. The van der Waals surface area contributed by atoms with E-state index in [-0.39, 0.29) is 0 Å². The Labute approximate surface area is 115 Å². The van der Waals surface area contributed by atoms with E-state index in [4.69, 9.17) is 0 Å². The maximum absolute atomic E-state index is 10.8. The Morgan fingerprint density at radius 2 is 1.79 bits per heavy atom. The molecule has 104 valence electrons. The highest BCUT2D eigenvalue weighted by molar-refractivity contribution is 5.81. The number of nitrogens with zero attached hydrogens (tertiary/aromatic N) is 2. The first kappa shape index (κ1) is 14.1. The van der Waals surface area contributed by atoms with Gasteiger partial charge in [-0.15, -0.1) is 0 Å². The van der Waals surface area contributed by atoms with Gasteiger partial charge in [-0.1, -0.05) is 44.9 Å². The molecule has 1 heterocycles. The average molecular weight is 260 g/mol. The quantitative estimate of drug-likeness (QED) is 0.864. The number of aliphatic hydroxyl groups is 1. The summed E-state index contributed by atoms with van der Waals surface area (Å²) in [4.78, 5) is 0. The van der Waals surface area contributed by atoms with Crippen LogP contribution in [0.25, 0.3) is 10.9 Å². The molecule has 0 fully saturated rings. The third-order valence-corrected chi connectivity index (χ3v) is 3.76. The van der Waals surface area contributed by atoms with E-state index < -0.39 is 5.60 Å². The van der Waals surface area contributed by atoms with E-state index in [1.54, 1.807) is 0 Å². The van der Waals surface area contributed by atoms with E-state index >= 15 is 0 Å².